The van der Waals surface area contributed by atoms with Gasteiger partial charge >= 0.3 is 0 Å². The fourth-order valence-electron chi connectivity index (χ4n) is 3.36. The van der Waals surface area contributed by atoms with E-state index < -0.39 is 0 Å². The van der Waals surface area contributed by atoms with Gasteiger partial charge in [-0.25, -0.2) is 0 Å². The Morgan fingerprint density at radius 2 is 1.76 bits per heavy atom. The number of nitrogens with one attached hydrogen (secondary N) is 1. The molecule has 1 atom stereocenters. The summed E-state index contributed by atoms with van der Waals surface area (Å²) in [4.78, 5) is 0. The average Bonchev–Trinajstić information content (AvgIpc) is 2.95. The molecule has 0 aromatic heterocycles. The van der Waals surface area contributed by atoms with E-state index in [9.17, 15) is 0 Å². The summed E-state index contributed by atoms with van der Waals surface area (Å²) in [6, 6.07) is 14.3. The molecule has 0 heterocycles. The van der Waals surface area contributed by atoms with E-state index in [0.717, 1.165) is 6.42 Å². The number of hydrogen-bond acceptors (Lipinski definition) is 1. The molecule has 0 fully saturated rings. The lowest BCUT2D eigenvalue weighted by atomic mass is 9.94. The van der Waals surface area contributed by atoms with Gasteiger partial charge < -0.3 is 5.32 Å². The van der Waals surface area contributed by atoms with Crippen LogP contribution < -0.4 is 5.32 Å². The lowest BCUT2D eigenvalue weighted by Gasteiger charge is -2.18. The maximum atomic E-state index is 3.49. The molecule has 0 amide bonds. The van der Waals surface area contributed by atoms with Crippen LogP contribution in [0.5, 0.6) is 0 Å². The highest BCUT2D eigenvalue weighted by molar-refractivity contribution is 5.38. The van der Waals surface area contributed by atoms with Crippen molar-refractivity contribution in [1.82, 2.24) is 5.32 Å². The molecule has 0 radical (unpaired) electrons. The van der Waals surface area contributed by atoms with Gasteiger partial charge in [-0.2, -0.15) is 0 Å². The highest BCUT2D eigenvalue weighted by Crippen LogP contribution is 2.27. The summed E-state index contributed by atoms with van der Waals surface area (Å²) in [5.74, 6) is 0. The fraction of sp³-hybridized carbons (Fsp3) is 0.400. The van der Waals surface area contributed by atoms with Gasteiger partial charge in [0, 0.05) is 6.04 Å². The summed E-state index contributed by atoms with van der Waals surface area (Å²) >= 11 is 0. The molecule has 21 heavy (non-hydrogen) atoms. The third-order valence-electron chi connectivity index (χ3n) is 4.88. The third-order valence-corrected chi connectivity index (χ3v) is 4.88. The van der Waals surface area contributed by atoms with Crippen molar-refractivity contribution in [2.45, 2.75) is 45.6 Å². The molecule has 0 saturated carbocycles. The van der Waals surface area contributed by atoms with Crippen molar-refractivity contribution in [2.24, 2.45) is 0 Å². The monoisotopic (exact) mass is 279 g/mol. The van der Waals surface area contributed by atoms with Crippen LogP contribution in [-0.2, 0) is 19.3 Å². The predicted molar refractivity (Wildman–Crippen MR) is 89.9 cm³/mol. The first kappa shape index (κ1) is 14.3. The van der Waals surface area contributed by atoms with Crippen molar-refractivity contribution >= 4 is 0 Å². The second-order valence-electron chi connectivity index (χ2n) is 6.35. The summed E-state index contributed by atoms with van der Waals surface area (Å²) < 4.78 is 0. The van der Waals surface area contributed by atoms with E-state index in [1.54, 1.807) is 11.1 Å². The maximum Gasteiger partial charge on any atom is 0.0358 e. The second kappa shape index (κ2) is 6.03. The van der Waals surface area contributed by atoms with Crippen molar-refractivity contribution in [3.63, 3.8) is 0 Å². The molecule has 3 rings (SSSR count). The second-order valence-corrected chi connectivity index (χ2v) is 6.35. The van der Waals surface area contributed by atoms with E-state index in [4.69, 9.17) is 0 Å². The Hall–Kier alpha value is -1.60. The molecule has 2 aromatic carbocycles. The minimum Gasteiger partial charge on any atom is -0.313 e. The Labute approximate surface area is 128 Å². The third kappa shape index (κ3) is 3.03. The Kier molecular flexibility index (Phi) is 4.12. The van der Waals surface area contributed by atoms with Crippen LogP contribution >= 0.6 is 0 Å². The van der Waals surface area contributed by atoms with Crippen LogP contribution in [0.25, 0.3) is 0 Å². The van der Waals surface area contributed by atoms with Crippen molar-refractivity contribution in [2.75, 3.05) is 7.05 Å². The maximum absolute atomic E-state index is 3.49. The summed E-state index contributed by atoms with van der Waals surface area (Å²) in [6.45, 7) is 4.37. The number of benzene rings is 2. The highest BCUT2D eigenvalue weighted by atomic mass is 14.9. The quantitative estimate of drug-likeness (QED) is 0.880. The molecule has 1 N–H and O–H groups in total. The van der Waals surface area contributed by atoms with E-state index in [1.807, 2.05) is 0 Å². The van der Waals surface area contributed by atoms with Gasteiger partial charge in [0.2, 0.25) is 0 Å². The van der Waals surface area contributed by atoms with Crippen LogP contribution in [0.15, 0.2) is 36.4 Å². The van der Waals surface area contributed by atoms with Crippen molar-refractivity contribution in [3.05, 3.63) is 69.8 Å². The van der Waals surface area contributed by atoms with Gasteiger partial charge in [0.1, 0.15) is 0 Å². The zero-order valence-electron chi connectivity index (χ0n) is 13.4. The van der Waals surface area contributed by atoms with E-state index in [0.29, 0.717) is 6.04 Å². The van der Waals surface area contributed by atoms with Gasteiger partial charge in [0.15, 0.2) is 0 Å². The first-order valence-corrected chi connectivity index (χ1v) is 8.02. The molecule has 1 aliphatic rings. The van der Waals surface area contributed by atoms with Crippen LogP contribution in [0.1, 0.15) is 45.8 Å². The molecule has 0 saturated heterocycles. The standard InChI is InChI=1S/C20H25N/c1-14-7-8-16(11-15(14)2)12-20(21-3)19-10-9-17-5-4-6-18(17)13-19/h7-11,13,20-21H,4-6,12H2,1-3H3. The van der Waals surface area contributed by atoms with Crippen molar-refractivity contribution < 1.29 is 0 Å². The molecule has 0 bridgehead atoms. The molecule has 110 valence electrons. The minimum absolute atomic E-state index is 0.401. The number of rotatable bonds is 4. The molecule has 2 aromatic rings. The predicted octanol–water partition coefficient (Wildman–Crippen LogP) is 4.30. The van der Waals surface area contributed by atoms with Gasteiger partial charge in [-0.05, 0) is 80.0 Å². The van der Waals surface area contributed by atoms with Crippen LogP contribution in [0.2, 0.25) is 0 Å². The van der Waals surface area contributed by atoms with Gasteiger partial charge in [0.05, 0.1) is 0 Å². The molecule has 1 aliphatic carbocycles. The largest absolute Gasteiger partial charge is 0.313 e. The number of fused-ring (bicyclic) bond motifs is 1. The SMILES string of the molecule is CNC(Cc1ccc(C)c(C)c1)c1ccc2c(c1)CCC2. The Morgan fingerprint density at radius 1 is 0.952 bits per heavy atom. The highest BCUT2D eigenvalue weighted by Gasteiger charge is 2.15. The Balaban J connectivity index is 1.83. The molecule has 1 nitrogen and oxygen atoms in total. The summed E-state index contributed by atoms with van der Waals surface area (Å²) in [5.41, 5.74) is 8.72. The summed E-state index contributed by atoms with van der Waals surface area (Å²) in [7, 11) is 2.07. The zero-order valence-corrected chi connectivity index (χ0v) is 13.4. The first-order valence-electron chi connectivity index (χ1n) is 8.02. The normalized spacial score (nSPS) is 15.0. The van der Waals surface area contributed by atoms with Crippen molar-refractivity contribution in [3.8, 4) is 0 Å². The zero-order chi connectivity index (χ0) is 14.8. The van der Waals surface area contributed by atoms with Gasteiger partial charge in [-0.1, -0.05) is 36.4 Å². The van der Waals surface area contributed by atoms with Crippen LogP contribution in [0, 0.1) is 13.8 Å². The Morgan fingerprint density at radius 3 is 2.52 bits per heavy atom. The van der Waals surface area contributed by atoms with E-state index >= 15 is 0 Å². The molecule has 0 aliphatic heterocycles. The first-order chi connectivity index (χ1) is 10.2. The van der Waals surface area contributed by atoms with E-state index in [2.05, 4.69) is 62.6 Å². The van der Waals surface area contributed by atoms with Gasteiger partial charge in [-0.15, -0.1) is 0 Å². The minimum atomic E-state index is 0.401. The summed E-state index contributed by atoms with van der Waals surface area (Å²) in [6.07, 6.45) is 4.89. The lowest BCUT2D eigenvalue weighted by Crippen LogP contribution is -2.19. The molecule has 1 unspecified atom stereocenters. The number of aryl methyl sites for hydroxylation is 4. The van der Waals surface area contributed by atoms with Gasteiger partial charge in [0.25, 0.3) is 0 Å². The molecule has 1 heteroatoms. The fourth-order valence-corrected chi connectivity index (χ4v) is 3.36. The number of likely N-dealkylation sites (N-methyl/N-ethyl adjacent to an activating group) is 1. The average molecular weight is 279 g/mol. The lowest BCUT2D eigenvalue weighted by molar-refractivity contribution is 0.591. The smallest absolute Gasteiger partial charge is 0.0358 e. The molecule has 0 spiro atoms. The van der Waals surface area contributed by atoms with Crippen LogP contribution in [0.4, 0.5) is 0 Å². The van der Waals surface area contributed by atoms with Crippen LogP contribution in [-0.4, -0.2) is 7.05 Å². The van der Waals surface area contributed by atoms with E-state index in [1.165, 1.54) is 41.5 Å². The molecular weight excluding hydrogens is 254 g/mol. The number of hydrogen-bond donors (Lipinski definition) is 1. The van der Waals surface area contributed by atoms with Crippen molar-refractivity contribution in [1.29, 1.82) is 0 Å². The van der Waals surface area contributed by atoms with Crippen LogP contribution in [0.3, 0.4) is 0 Å². The van der Waals surface area contributed by atoms with Gasteiger partial charge in [-0.3, -0.25) is 0 Å². The van der Waals surface area contributed by atoms with E-state index in [-0.39, 0.29) is 0 Å². The summed E-state index contributed by atoms with van der Waals surface area (Å²) in [5, 5.41) is 3.49. The molecular formula is C20H25N. The Bertz CT molecular complexity index is 642. The topological polar surface area (TPSA) is 12.0 Å².